The van der Waals surface area contributed by atoms with E-state index in [0.29, 0.717) is 23.7 Å². The van der Waals surface area contributed by atoms with Gasteiger partial charge in [-0.2, -0.15) is 0 Å². The number of hydrogen-bond donors (Lipinski definition) is 1. The average Bonchev–Trinajstić information content (AvgIpc) is 2.72. The minimum atomic E-state index is -0.735. The zero-order valence-corrected chi connectivity index (χ0v) is 16.7. The van der Waals surface area contributed by atoms with Crippen LogP contribution in [0.15, 0.2) is 36.4 Å². The Balaban J connectivity index is 2.29. The molecule has 28 heavy (non-hydrogen) atoms. The molecule has 0 aromatic heterocycles. The number of carbonyl (C=O) groups is 2. The highest BCUT2D eigenvalue weighted by molar-refractivity contribution is 6.03. The molecule has 0 aliphatic carbocycles. The summed E-state index contributed by atoms with van der Waals surface area (Å²) < 4.78 is 21.1. The highest BCUT2D eigenvalue weighted by Crippen LogP contribution is 2.34. The van der Waals surface area contributed by atoms with Crippen molar-refractivity contribution in [1.82, 2.24) is 0 Å². The first-order chi connectivity index (χ1) is 13.4. The molecule has 0 saturated carbocycles. The topological polar surface area (TPSA) is 83.1 Å². The monoisotopic (exact) mass is 387 g/mol. The number of hydrogen-bond acceptors (Lipinski definition) is 6. The van der Waals surface area contributed by atoms with Gasteiger partial charge in [0.1, 0.15) is 5.75 Å². The Labute approximate surface area is 164 Å². The molecule has 0 spiro atoms. The standard InChI is InChI=1S/C21H25NO6/c1-6-17(28-14-9-7-13(2)8-10-14)20(23)22-16-12-19(26-4)18(25-3)11-15(16)21(24)27-5/h7-12,17H,6H2,1-5H3,(H,22,23)/t17-/m1/s1. The summed E-state index contributed by atoms with van der Waals surface area (Å²) in [7, 11) is 4.19. The van der Waals surface area contributed by atoms with Crippen molar-refractivity contribution >= 4 is 17.6 Å². The molecule has 150 valence electrons. The first kappa shape index (κ1) is 21.1. The zero-order valence-electron chi connectivity index (χ0n) is 16.7. The van der Waals surface area contributed by atoms with Crippen LogP contribution in [0.5, 0.6) is 17.2 Å². The summed E-state index contributed by atoms with van der Waals surface area (Å²) in [5, 5.41) is 2.73. The maximum Gasteiger partial charge on any atom is 0.340 e. The van der Waals surface area contributed by atoms with Crippen LogP contribution in [-0.4, -0.2) is 39.3 Å². The predicted octanol–water partition coefficient (Wildman–Crippen LogP) is 3.59. The lowest BCUT2D eigenvalue weighted by Gasteiger charge is -2.19. The number of methoxy groups -OCH3 is 3. The van der Waals surface area contributed by atoms with Crippen molar-refractivity contribution in [3.63, 3.8) is 0 Å². The second kappa shape index (κ2) is 9.64. The molecule has 2 aromatic carbocycles. The molecule has 0 unspecified atom stereocenters. The van der Waals surface area contributed by atoms with E-state index in [9.17, 15) is 9.59 Å². The van der Waals surface area contributed by atoms with Gasteiger partial charge < -0.3 is 24.3 Å². The SMILES string of the molecule is CC[C@@H](Oc1ccc(C)cc1)C(=O)Nc1cc(OC)c(OC)cc1C(=O)OC. The van der Waals surface area contributed by atoms with Gasteiger partial charge in [-0.15, -0.1) is 0 Å². The van der Waals surface area contributed by atoms with Crippen LogP contribution in [-0.2, 0) is 9.53 Å². The van der Waals surface area contributed by atoms with Gasteiger partial charge in [-0.1, -0.05) is 24.6 Å². The molecule has 7 heteroatoms. The van der Waals surface area contributed by atoms with Crippen molar-refractivity contribution in [3.8, 4) is 17.2 Å². The van der Waals surface area contributed by atoms with Crippen LogP contribution in [0.4, 0.5) is 5.69 Å². The molecule has 0 aliphatic heterocycles. The number of carbonyl (C=O) groups excluding carboxylic acids is 2. The van der Waals surface area contributed by atoms with Crippen LogP contribution in [0.1, 0.15) is 29.3 Å². The van der Waals surface area contributed by atoms with Crippen molar-refractivity contribution in [3.05, 3.63) is 47.5 Å². The largest absolute Gasteiger partial charge is 0.493 e. The first-order valence-corrected chi connectivity index (χ1v) is 8.82. The molecule has 1 N–H and O–H groups in total. The Morgan fingerprint density at radius 3 is 2.14 bits per heavy atom. The van der Waals surface area contributed by atoms with Crippen molar-refractivity contribution in [1.29, 1.82) is 0 Å². The van der Waals surface area contributed by atoms with Gasteiger partial charge in [0.25, 0.3) is 5.91 Å². The van der Waals surface area contributed by atoms with Crippen LogP contribution in [0.3, 0.4) is 0 Å². The number of esters is 1. The Morgan fingerprint density at radius 1 is 1.00 bits per heavy atom. The number of aryl methyl sites for hydroxylation is 1. The molecule has 0 fully saturated rings. The van der Waals surface area contributed by atoms with Gasteiger partial charge in [0.2, 0.25) is 0 Å². The van der Waals surface area contributed by atoms with Crippen molar-refractivity contribution < 1.29 is 28.5 Å². The summed E-state index contributed by atoms with van der Waals surface area (Å²) >= 11 is 0. The van der Waals surface area contributed by atoms with E-state index in [1.165, 1.54) is 33.5 Å². The number of benzene rings is 2. The second-order valence-corrected chi connectivity index (χ2v) is 6.06. The van der Waals surface area contributed by atoms with E-state index in [-0.39, 0.29) is 17.2 Å². The van der Waals surface area contributed by atoms with Gasteiger partial charge in [-0.25, -0.2) is 4.79 Å². The second-order valence-electron chi connectivity index (χ2n) is 6.06. The molecule has 0 saturated heterocycles. The highest BCUT2D eigenvalue weighted by atomic mass is 16.5. The van der Waals surface area contributed by atoms with Crippen LogP contribution in [0.2, 0.25) is 0 Å². The molecule has 0 aliphatic rings. The fourth-order valence-corrected chi connectivity index (χ4v) is 2.58. The number of anilines is 1. The van der Waals surface area contributed by atoms with Crippen LogP contribution >= 0.6 is 0 Å². The lowest BCUT2D eigenvalue weighted by atomic mass is 10.1. The smallest absolute Gasteiger partial charge is 0.340 e. The predicted molar refractivity (Wildman–Crippen MR) is 105 cm³/mol. The fourth-order valence-electron chi connectivity index (χ4n) is 2.58. The molecule has 0 heterocycles. The number of nitrogens with one attached hydrogen (secondary N) is 1. The molecular formula is C21H25NO6. The maximum atomic E-state index is 12.8. The van der Waals surface area contributed by atoms with Gasteiger partial charge in [0.15, 0.2) is 17.6 Å². The molecule has 0 radical (unpaired) electrons. The Bertz CT molecular complexity index is 832. The molecule has 1 amide bonds. The Hall–Kier alpha value is -3.22. The third-order valence-electron chi connectivity index (χ3n) is 4.15. The van der Waals surface area contributed by atoms with Crippen LogP contribution in [0, 0.1) is 6.92 Å². The van der Waals surface area contributed by atoms with E-state index >= 15 is 0 Å². The van der Waals surface area contributed by atoms with E-state index in [1.54, 1.807) is 0 Å². The third-order valence-corrected chi connectivity index (χ3v) is 4.15. The summed E-state index contributed by atoms with van der Waals surface area (Å²) in [4.78, 5) is 24.9. The summed E-state index contributed by atoms with van der Waals surface area (Å²) in [6, 6.07) is 10.4. The third kappa shape index (κ3) is 4.94. The van der Waals surface area contributed by atoms with Gasteiger partial charge in [-0.3, -0.25) is 4.79 Å². The van der Waals surface area contributed by atoms with E-state index in [0.717, 1.165) is 5.56 Å². The number of ether oxygens (including phenoxy) is 4. The van der Waals surface area contributed by atoms with Gasteiger partial charge in [0.05, 0.1) is 32.6 Å². The molecular weight excluding hydrogens is 362 g/mol. The molecule has 0 bridgehead atoms. The van der Waals surface area contributed by atoms with E-state index in [1.807, 2.05) is 38.1 Å². The zero-order chi connectivity index (χ0) is 20.7. The molecule has 1 atom stereocenters. The summed E-state index contributed by atoms with van der Waals surface area (Å²) in [6.45, 7) is 3.81. The highest BCUT2D eigenvalue weighted by Gasteiger charge is 2.23. The molecule has 7 nitrogen and oxygen atoms in total. The summed E-state index contributed by atoms with van der Waals surface area (Å²) in [6.07, 6.45) is -0.290. The summed E-state index contributed by atoms with van der Waals surface area (Å²) in [5.74, 6) is 0.319. The van der Waals surface area contributed by atoms with E-state index in [2.05, 4.69) is 5.32 Å². The fraction of sp³-hybridized carbons (Fsp3) is 0.333. The van der Waals surface area contributed by atoms with Gasteiger partial charge in [-0.05, 0) is 25.5 Å². The van der Waals surface area contributed by atoms with Gasteiger partial charge >= 0.3 is 5.97 Å². The van der Waals surface area contributed by atoms with Crippen molar-refractivity contribution in [2.24, 2.45) is 0 Å². The number of amides is 1. The Morgan fingerprint density at radius 2 is 1.61 bits per heavy atom. The van der Waals surface area contributed by atoms with E-state index < -0.39 is 12.1 Å². The minimum absolute atomic E-state index is 0.152. The van der Waals surface area contributed by atoms with Crippen molar-refractivity contribution in [2.45, 2.75) is 26.4 Å². The minimum Gasteiger partial charge on any atom is -0.493 e. The van der Waals surface area contributed by atoms with Crippen LogP contribution in [0.25, 0.3) is 0 Å². The number of rotatable bonds is 8. The average molecular weight is 387 g/mol. The maximum absolute atomic E-state index is 12.8. The molecule has 2 aromatic rings. The lowest BCUT2D eigenvalue weighted by Crippen LogP contribution is -2.33. The van der Waals surface area contributed by atoms with Crippen molar-refractivity contribution in [2.75, 3.05) is 26.6 Å². The lowest BCUT2D eigenvalue weighted by molar-refractivity contribution is -0.122. The van der Waals surface area contributed by atoms with Gasteiger partial charge in [0, 0.05) is 12.1 Å². The Kier molecular flexibility index (Phi) is 7.26. The van der Waals surface area contributed by atoms with E-state index in [4.69, 9.17) is 18.9 Å². The first-order valence-electron chi connectivity index (χ1n) is 8.82. The van der Waals surface area contributed by atoms with Crippen LogP contribution < -0.4 is 19.5 Å². The normalized spacial score (nSPS) is 11.3. The summed E-state index contributed by atoms with van der Waals surface area (Å²) in [5.41, 5.74) is 1.50. The quantitative estimate of drug-likeness (QED) is 0.697. The molecule has 2 rings (SSSR count).